The van der Waals surface area contributed by atoms with Gasteiger partial charge in [0.15, 0.2) is 6.61 Å². The molecule has 1 aliphatic heterocycles. The van der Waals surface area contributed by atoms with Gasteiger partial charge in [0.25, 0.3) is 5.91 Å². The van der Waals surface area contributed by atoms with Gasteiger partial charge >= 0.3 is 10.1 Å². The van der Waals surface area contributed by atoms with Gasteiger partial charge < -0.3 is 29.4 Å². The Morgan fingerprint density at radius 2 is 1.74 bits per heavy atom. The standard InChI is InChI=1S/C23H28N4O5S.ClH/c1-33(29,30)32-19-4-2-18(3-5-19)26-10-12-27(13-11-26)23(28)16-31-20-6-7-22-21(14-20)17(8-9-24)15-25-22;/h2-7,14-15,25H,8-13,16,24H2,1H3;1H. The van der Waals surface area contributed by atoms with E-state index < -0.39 is 10.1 Å². The van der Waals surface area contributed by atoms with Crippen molar-refractivity contribution in [3.63, 3.8) is 0 Å². The molecule has 0 atom stereocenters. The first-order chi connectivity index (χ1) is 15.8. The number of nitrogens with one attached hydrogen (secondary N) is 1. The Bertz CT molecular complexity index is 1220. The average molecular weight is 509 g/mol. The molecule has 184 valence electrons. The number of nitrogens with two attached hydrogens (primary N) is 1. The van der Waals surface area contributed by atoms with Crippen molar-refractivity contribution in [1.82, 2.24) is 9.88 Å². The number of rotatable bonds is 8. The number of aromatic amines is 1. The zero-order valence-electron chi connectivity index (χ0n) is 18.9. The Morgan fingerprint density at radius 1 is 1.06 bits per heavy atom. The summed E-state index contributed by atoms with van der Waals surface area (Å²) in [5.74, 6) is 0.881. The lowest BCUT2D eigenvalue weighted by Gasteiger charge is -2.36. The van der Waals surface area contributed by atoms with Gasteiger partial charge in [-0.15, -0.1) is 12.4 Å². The number of amides is 1. The Morgan fingerprint density at radius 3 is 2.38 bits per heavy atom. The molecule has 0 bridgehead atoms. The molecule has 1 fully saturated rings. The third-order valence-corrected chi connectivity index (χ3v) is 6.09. The maximum absolute atomic E-state index is 12.7. The number of fused-ring (bicyclic) bond motifs is 1. The fourth-order valence-electron chi connectivity index (χ4n) is 3.95. The summed E-state index contributed by atoms with van der Waals surface area (Å²) >= 11 is 0. The SMILES string of the molecule is CS(=O)(=O)Oc1ccc(N2CCN(C(=O)COc3ccc4[nH]cc(CCN)c4c3)CC2)cc1.Cl. The van der Waals surface area contributed by atoms with Crippen molar-refractivity contribution in [1.29, 1.82) is 0 Å². The number of H-pyrrole nitrogens is 1. The molecular weight excluding hydrogens is 480 g/mol. The second-order valence-corrected chi connectivity index (χ2v) is 9.57. The Kier molecular flexibility index (Phi) is 8.29. The number of anilines is 1. The highest BCUT2D eigenvalue weighted by atomic mass is 35.5. The maximum Gasteiger partial charge on any atom is 0.306 e. The molecule has 1 saturated heterocycles. The van der Waals surface area contributed by atoms with Crippen LogP contribution in [-0.4, -0.2) is 69.8 Å². The molecule has 3 aromatic rings. The lowest BCUT2D eigenvalue weighted by atomic mass is 10.1. The number of benzene rings is 2. The molecule has 34 heavy (non-hydrogen) atoms. The third-order valence-electron chi connectivity index (χ3n) is 5.60. The molecule has 0 saturated carbocycles. The Labute approximate surface area is 205 Å². The topological polar surface area (TPSA) is 118 Å². The Balaban J connectivity index is 0.00000324. The first-order valence-corrected chi connectivity index (χ1v) is 12.6. The zero-order chi connectivity index (χ0) is 23.4. The van der Waals surface area contributed by atoms with E-state index in [1.165, 1.54) is 0 Å². The molecule has 0 aliphatic carbocycles. The third kappa shape index (κ3) is 6.34. The van der Waals surface area contributed by atoms with Crippen LogP contribution in [0.3, 0.4) is 0 Å². The van der Waals surface area contributed by atoms with Crippen LogP contribution in [0.15, 0.2) is 48.7 Å². The van der Waals surface area contributed by atoms with Crippen molar-refractivity contribution in [2.24, 2.45) is 5.73 Å². The number of carbonyl (C=O) groups excluding carboxylic acids is 1. The van der Waals surface area contributed by atoms with E-state index in [1.807, 2.05) is 36.5 Å². The van der Waals surface area contributed by atoms with Gasteiger partial charge in [-0.2, -0.15) is 8.42 Å². The van der Waals surface area contributed by atoms with Crippen LogP contribution in [0.25, 0.3) is 10.9 Å². The van der Waals surface area contributed by atoms with Crippen LogP contribution in [0.5, 0.6) is 11.5 Å². The second kappa shape index (κ2) is 11.0. The molecule has 0 unspecified atom stereocenters. The highest BCUT2D eigenvalue weighted by Crippen LogP contribution is 2.25. The summed E-state index contributed by atoms with van der Waals surface area (Å²) in [5, 5.41) is 1.06. The predicted octanol–water partition coefficient (Wildman–Crippen LogP) is 2.16. The average Bonchev–Trinajstić information content (AvgIpc) is 3.19. The highest BCUT2D eigenvalue weighted by molar-refractivity contribution is 7.86. The molecule has 0 radical (unpaired) electrons. The van der Waals surface area contributed by atoms with Crippen LogP contribution in [0, 0.1) is 0 Å². The van der Waals surface area contributed by atoms with Crippen molar-refractivity contribution in [2.75, 3.05) is 50.5 Å². The first-order valence-electron chi connectivity index (χ1n) is 10.8. The lowest BCUT2D eigenvalue weighted by molar-refractivity contribution is -0.133. The van der Waals surface area contributed by atoms with Crippen LogP contribution in [0.4, 0.5) is 5.69 Å². The fraction of sp³-hybridized carbons (Fsp3) is 0.348. The number of ether oxygens (including phenoxy) is 1. The lowest BCUT2D eigenvalue weighted by Crippen LogP contribution is -2.50. The molecule has 0 spiro atoms. The molecule has 1 amide bonds. The number of hydrogen-bond acceptors (Lipinski definition) is 7. The van der Waals surface area contributed by atoms with Crippen molar-refractivity contribution in [3.8, 4) is 11.5 Å². The van der Waals surface area contributed by atoms with E-state index in [-0.39, 0.29) is 30.7 Å². The van der Waals surface area contributed by atoms with E-state index in [0.717, 1.165) is 34.8 Å². The van der Waals surface area contributed by atoms with E-state index >= 15 is 0 Å². The molecule has 2 heterocycles. The number of carbonyl (C=O) groups is 1. The molecule has 4 rings (SSSR count). The van der Waals surface area contributed by atoms with Gasteiger partial charge in [0.2, 0.25) is 0 Å². The number of nitrogens with zero attached hydrogens (tertiary/aromatic N) is 2. The minimum atomic E-state index is -3.55. The number of hydrogen-bond donors (Lipinski definition) is 2. The van der Waals surface area contributed by atoms with Crippen LogP contribution in [-0.2, 0) is 21.3 Å². The number of aromatic nitrogens is 1. The molecule has 3 N–H and O–H groups in total. The summed E-state index contributed by atoms with van der Waals surface area (Å²) in [6, 6.07) is 12.6. The molecule has 1 aromatic heterocycles. The smallest absolute Gasteiger partial charge is 0.306 e. The monoisotopic (exact) mass is 508 g/mol. The Hall–Kier alpha value is -2.95. The molecule has 1 aliphatic rings. The summed E-state index contributed by atoms with van der Waals surface area (Å²) < 4.78 is 33.1. The van der Waals surface area contributed by atoms with Crippen LogP contribution >= 0.6 is 12.4 Å². The van der Waals surface area contributed by atoms with Gasteiger partial charge in [0.05, 0.1) is 6.26 Å². The van der Waals surface area contributed by atoms with E-state index in [9.17, 15) is 13.2 Å². The van der Waals surface area contributed by atoms with Crippen molar-refractivity contribution in [3.05, 3.63) is 54.2 Å². The van der Waals surface area contributed by atoms with Gasteiger partial charge in [-0.05, 0) is 61.0 Å². The van der Waals surface area contributed by atoms with Crippen LogP contribution < -0.4 is 19.6 Å². The zero-order valence-corrected chi connectivity index (χ0v) is 20.5. The summed E-state index contributed by atoms with van der Waals surface area (Å²) in [7, 11) is -3.55. The van der Waals surface area contributed by atoms with Gasteiger partial charge in [-0.25, -0.2) is 0 Å². The van der Waals surface area contributed by atoms with E-state index in [0.29, 0.717) is 38.5 Å². The summed E-state index contributed by atoms with van der Waals surface area (Å²) in [6.45, 7) is 3.08. The predicted molar refractivity (Wildman–Crippen MR) is 135 cm³/mol. The highest BCUT2D eigenvalue weighted by Gasteiger charge is 2.22. The van der Waals surface area contributed by atoms with Gasteiger partial charge in [0.1, 0.15) is 11.5 Å². The summed E-state index contributed by atoms with van der Waals surface area (Å²) in [6.07, 6.45) is 3.75. The quantitative estimate of drug-likeness (QED) is 0.447. The van der Waals surface area contributed by atoms with E-state index in [1.54, 1.807) is 17.0 Å². The molecule has 11 heteroatoms. The number of piperazine rings is 1. The minimum Gasteiger partial charge on any atom is -0.484 e. The van der Waals surface area contributed by atoms with E-state index in [4.69, 9.17) is 14.7 Å². The normalized spacial score (nSPS) is 14.1. The summed E-state index contributed by atoms with van der Waals surface area (Å²) in [5.41, 5.74) is 8.78. The van der Waals surface area contributed by atoms with Gasteiger partial charge in [0, 0.05) is 49.0 Å². The fourth-order valence-corrected chi connectivity index (χ4v) is 4.41. The molecule has 9 nitrogen and oxygen atoms in total. The van der Waals surface area contributed by atoms with Crippen LogP contribution in [0.2, 0.25) is 0 Å². The number of halogens is 1. The minimum absolute atomic E-state index is 0. The largest absolute Gasteiger partial charge is 0.484 e. The van der Waals surface area contributed by atoms with Gasteiger partial charge in [-0.1, -0.05) is 0 Å². The maximum atomic E-state index is 12.7. The molecular formula is C23H29ClN4O5S. The van der Waals surface area contributed by atoms with Crippen LogP contribution in [0.1, 0.15) is 5.56 Å². The van der Waals surface area contributed by atoms with Gasteiger partial charge in [-0.3, -0.25) is 4.79 Å². The first kappa shape index (κ1) is 25.7. The summed E-state index contributed by atoms with van der Waals surface area (Å²) in [4.78, 5) is 19.8. The van der Waals surface area contributed by atoms with Crippen molar-refractivity contribution in [2.45, 2.75) is 6.42 Å². The van der Waals surface area contributed by atoms with Crippen molar-refractivity contribution >= 4 is 45.0 Å². The van der Waals surface area contributed by atoms with Crippen molar-refractivity contribution < 1.29 is 22.1 Å². The van der Waals surface area contributed by atoms with E-state index in [2.05, 4.69) is 9.88 Å². The second-order valence-electron chi connectivity index (χ2n) is 8.00. The molecule has 2 aromatic carbocycles.